The molecular weight excluding hydrogens is 480 g/mol. The van der Waals surface area contributed by atoms with E-state index in [-0.39, 0.29) is 23.8 Å². The third-order valence-corrected chi connectivity index (χ3v) is 5.08. The zero-order valence-electron chi connectivity index (χ0n) is 22.0. The number of hydrogen-bond donors (Lipinski definition) is 1. The number of nitrogens with one attached hydrogen (secondary N) is 1. The zero-order chi connectivity index (χ0) is 27.2. The number of oxazole rings is 1. The number of aromatic nitrogens is 1. The van der Waals surface area contributed by atoms with E-state index in [0.717, 1.165) is 5.56 Å². The lowest BCUT2D eigenvalue weighted by Crippen LogP contribution is -2.34. The van der Waals surface area contributed by atoms with Crippen molar-refractivity contribution in [2.75, 3.05) is 14.2 Å². The van der Waals surface area contributed by atoms with Crippen molar-refractivity contribution in [3.63, 3.8) is 0 Å². The predicted molar refractivity (Wildman–Crippen MR) is 134 cm³/mol. The number of amides is 1. The fourth-order valence-electron chi connectivity index (χ4n) is 3.38. The van der Waals surface area contributed by atoms with Gasteiger partial charge < -0.3 is 33.4 Å². The van der Waals surface area contributed by atoms with Crippen LogP contribution in [0.5, 0.6) is 23.0 Å². The van der Waals surface area contributed by atoms with E-state index >= 15 is 0 Å². The molecule has 1 atom stereocenters. The van der Waals surface area contributed by atoms with E-state index in [2.05, 4.69) is 10.3 Å². The SMILES string of the molecule is COc1ccc(COc2c(OC(=O)c3coc(C)n3)ccc([C@H](C)NC(=O)OC(C)(C)C)c2OC)cc1. The molecule has 0 aliphatic heterocycles. The van der Waals surface area contributed by atoms with Gasteiger partial charge in [0, 0.05) is 12.5 Å². The second-order valence-electron chi connectivity index (χ2n) is 9.16. The van der Waals surface area contributed by atoms with Crippen molar-refractivity contribution in [3.05, 3.63) is 65.4 Å². The fourth-order valence-corrected chi connectivity index (χ4v) is 3.38. The molecule has 0 fully saturated rings. The maximum Gasteiger partial charge on any atom is 0.408 e. The molecule has 0 aliphatic carbocycles. The van der Waals surface area contributed by atoms with Crippen LogP contribution in [0.1, 0.15) is 61.2 Å². The minimum absolute atomic E-state index is 0.0154. The highest BCUT2D eigenvalue weighted by Gasteiger charge is 2.26. The Morgan fingerprint density at radius 3 is 2.30 bits per heavy atom. The van der Waals surface area contributed by atoms with Gasteiger partial charge in [0.25, 0.3) is 0 Å². The number of aryl methyl sites for hydroxylation is 1. The Balaban J connectivity index is 1.93. The number of nitrogens with zero attached hydrogens (tertiary/aromatic N) is 1. The van der Waals surface area contributed by atoms with E-state index < -0.39 is 23.7 Å². The summed E-state index contributed by atoms with van der Waals surface area (Å²) >= 11 is 0. The Labute approximate surface area is 215 Å². The maximum atomic E-state index is 12.7. The van der Waals surface area contributed by atoms with Crippen LogP contribution >= 0.6 is 0 Å². The van der Waals surface area contributed by atoms with Crippen molar-refractivity contribution >= 4 is 12.1 Å². The number of ether oxygens (including phenoxy) is 5. The summed E-state index contributed by atoms with van der Waals surface area (Å²) in [6.07, 6.45) is 0.633. The first-order valence-electron chi connectivity index (χ1n) is 11.6. The lowest BCUT2D eigenvalue weighted by atomic mass is 10.1. The van der Waals surface area contributed by atoms with Gasteiger partial charge in [-0.1, -0.05) is 12.1 Å². The summed E-state index contributed by atoms with van der Waals surface area (Å²) in [6, 6.07) is 10.1. The number of rotatable bonds is 9. The van der Waals surface area contributed by atoms with Gasteiger partial charge in [-0.2, -0.15) is 0 Å². The number of alkyl carbamates (subject to hydrolysis) is 1. The summed E-state index contributed by atoms with van der Waals surface area (Å²) in [6.45, 7) is 8.88. The van der Waals surface area contributed by atoms with E-state index in [4.69, 9.17) is 28.1 Å². The van der Waals surface area contributed by atoms with Gasteiger partial charge in [-0.05, 0) is 57.5 Å². The lowest BCUT2D eigenvalue weighted by Gasteiger charge is -2.24. The monoisotopic (exact) mass is 512 g/mol. The molecule has 198 valence electrons. The smallest absolute Gasteiger partial charge is 0.408 e. The highest BCUT2D eigenvalue weighted by molar-refractivity contribution is 5.89. The van der Waals surface area contributed by atoms with Crippen LogP contribution in [0.3, 0.4) is 0 Å². The number of esters is 1. The van der Waals surface area contributed by atoms with E-state index in [1.165, 1.54) is 13.4 Å². The molecule has 1 N–H and O–H groups in total. The fraction of sp³-hybridized carbons (Fsp3) is 0.370. The molecule has 0 unspecified atom stereocenters. The first kappa shape index (κ1) is 27.4. The van der Waals surface area contributed by atoms with Crippen LogP contribution in [-0.4, -0.2) is 36.9 Å². The minimum Gasteiger partial charge on any atom is -0.497 e. The Hall–Kier alpha value is -4.21. The molecule has 10 nitrogen and oxygen atoms in total. The van der Waals surface area contributed by atoms with Crippen molar-refractivity contribution in [2.24, 2.45) is 0 Å². The number of methoxy groups -OCH3 is 2. The van der Waals surface area contributed by atoms with Gasteiger partial charge >= 0.3 is 12.1 Å². The Bertz CT molecular complexity index is 1230. The third-order valence-electron chi connectivity index (χ3n) is 5.08. The molecule has 37 heavy (non-hydrogen) atoms. The number of carbonyl (C=O) groups excluding carboxylic acids is 2. The van der Waals surface area contributed by atoms with Crippen molar-refractivity contribution in [1.82, 2.24) is 10.3 Å². The van der Waals surface area contributed by atoms with E-state index in [0.29, 0.717) is 23.0 Å². The van der Waals surface area contributed by atoms with Crippen LogP contribution in [0.25, 0.3) is 0 Å². The third kappa shape index (κ3) is 7.39. The standard InChI is InChI=1S/C27H32N2O8/c1-16(28-26(31)37-27(3,4)5)20-12-13-22(36-25(30)21-15-34-17(2)29-21)24(23(20)33-7)35-14-18-8-10-19(32-6)11-9-18/h8-13,15-16H,14H2,1-7H3,(H,28,31)/t16-/m0/s1. The molecule has 1 amide bonds. The summed E-state index contributed by atoms with van der Waals surface area (Å²) in [7, 11) is 3.05. The number of hydrogen-bond acceptors (Lipinski definition) is 9. The summed E-state index contributed by atoms with van der Waals surface area (Å²) in [5.74, 6) is 0.909. The molecule has 0 radical (unpaired) electrons. The number of benzene rings is 2. The summed E-state index contributed by atoms with van der Waals surface area (Å²) in [5.41, 5.74) is 0.798. The maximum absolute atomic E-state index is 12.7. The van der Waals surface area contributed by atoms with Gasteiger partial charge in [0.1, 0.15) is 24.2 Å². The van der Waals surface area contributed by atoms with Crippen LogP contribution in [0, 0.1) is 6.92 Å². The van der Waals surface area contributed by atoms with Crippen molar-refractivity contribution in [2.45, 2.75) is 52.9 Å². The molecule has 2 aromatic carbocycles. The van der Waals surface area contributed by atoms with Gasteiger partial charge in [-0.3, -0.25) is 0 Å². The second-order valence-corrected chi connectivity index (χ2v) is 9.16. The number of carbonyl (C=O) groups is 2. The van der Waals surface area contributed by atoms with E-state index in [1.807, 2.05) is 24.3 Å². The van der Waals surface area contributed by atoms with Gasteiger partial charge in [0.15, 0.2) is 23.1 Å². The molecule has 0 saturated heterocycles. The quantitative estimate of drug-likeness (QED) is 0.297. The molecule has 1 aromatic heterocycles. The Kier molecular flexibility index (Phi) is 8.65. The van der Waals surface area contributed by atoms with Crippen molar-refractivity contribution in [1.29, 1.82) is 0 Å². The molecule has 3 rings (SSSR count). The molecule has 0 bridgehead atoms. The molecular formula is C27H32N2O8. The molecule has 1 heterocycles. The first-order valence-corrected chi connectivity index (χ1v) is 11.6. The Morgan fingerprint density at radius 2 is 1.73 bits per heavy atom. The van der Waals surface area contributed by atoms with E-state index in [1.54, 1.807) is 53.9 Å². The minimum atomic E-state index is -0.721. The molecule has 0 spiro atoms. The van der Waals surface area contributed by atoms with Crippen molar-refractivity contribution < 1.29 is 37.7 Å². The van der Waals surface area contributed by atoms with Crippen LogP contribution in [-0.2, 0) is 11.3 Å². The molecule has 0 saturated carbocycles. The van der Waals surface area contributed by atoms with Gasteiger partial charge in [-0.15, -0.1) is 0 Å². The molecule has 10 heteroatoms. The van der Waals surface area contributed by atoms with Crippen LogP contribution in [0.15, 0.2) is 47.1 Å². The summed E-state index contributed by atoms with van der Waals surface area (Å²) < 4.78 is 33.1. The van der Waals surface area contributed by atoms with Crippen LogP contribution < -0.4 is 24.3 Å². The van der Waals surface area contributed by atoms with Gasteiger partial charge in [0.05, 0.1) is 20.3 Å². The highest BCUT2D eigenvalue weighted by atomic mass is 16.6. The van der Waals surface area contributed by atoms with Gasteiger partial charge in [0.2, 0.25) is 5.75 Å². The van der Waals surface area contributed by atoms with Gasteiger partial charge in [-0.25, -0.2) is 14.6 Å². The average molecular weight is 513 g/mol. The van der Waals surface area contributed by atoms with E-state index in [9.17, 15) is 9.59 Å². The Morgan fingerprint density at radius 1 is 1.03 bits per heavy atom. The van der Waals surface area contributed by atoms with Crippen LogP contribution in [0.2, 0.25) is 0 Å². The predicted octanol–water partition coefficient (Wildman–Crippen LogP) is 5.38. The zero-order valence-corrected chi connectivity index (χ0v) is 22.0. The summed E-state index contributed by atoms with van der Waals surface area (Å²) in [4.78, 5) is 29.1. The molecule has 0 aliphatic rings. The topological polar surface area (TPSA) is 118 Å². The van der Waals surface area contributed by atoms with Crippen LogP contribution in [0.4, 0.5) is 4.79 Å². The first-order chi connectivity index (χ1) is 17.5. The highest BCUT2D eigenvalue weighted by Crippen LogP contribution is 2.43. The summed E-state index contributed by atoms with van der Waals surface area (Å²) in [5, 5.41) is 2.79. The van der Waals surface area contributed by atoms with Crippen molar-refractivity contribution in [3.8, 4) is 23.0 Å². The lowest BCUT2D eigenvalue weighted by molar-refractivity contribution is 0.0507. The second kappa shape index (κ2) is 11.7. The largest absolute Gasteiger partial charge is 0.497 e. The average Bonchev–Trinajstić information content (AvgIpc) is 3.28. The normalized spacial score (nSPS) is 11.9. The molecule has 3 aromatic rings.